The average Bonchev–Trinajstić information content (AvgIpc) is 3.34. The first-order valence-corrected chi connectivity index (χ1v) is 12.0. The summed E-state index contributed by atoms with van der Waals surface area (Å²) in [4.78, 5) is 42.9. The van der Waals surface area contributed by atoms with E-state index in [-0.39, 0.29) is 11.5 Å². The van der Waals surface area contributed by atoms with E-state index >= 15 is 0 Å². The van der Waals surface area contributed by atoms with E-state index in [4.69, 9.17) is 0 Å². The van der Waals surface area contributed by atoms with Gasteiger partial charge >= 0.3 is 6.18 Å². The summed E-state index contributed by atoms with van der Waals surface area (Å²) >= 11 is 0. The van der Waals surface area contributed by atoms with Crippen molar-refractivity contribution in [1.82, 2.24) is 0 Å². The second-order valence-corrected chi connectivity index (χ2v) is 10.2. The Morgan fingerprint density at radius 1 is 0.676 bits per heavy atom. The maximum absolute atomic E-state index is 14.2. The first kappa shape index (κ1) is 23.4. The summed E-state index contributed by atoms with van der Waals surface area (Å²) in [6.07, 6.45) is -4.63. The number of fused-ring (bicyclic) bond motifs is 5. The van der Waals surface area contributed by atoms with Gasteiger partial charge in [-0.25, -0.2) is 4.90 Å². The highest BCUT2D eigenvalue weighted by atomic mass is 19.4. The van der Waals surface area contributed by atoms with Crippen molar-refractivity contribution in [3.8, 4) is 0 Å². The average molecular weight is 502 g/mol. The van der Waals surface area contributed by atoms with Crippen molar-refractivity contribution in [3.63, 3.8) is 0 Å². The summed E-state index contributed by atoms with van der Waals surface area (Å²) in [6, 6.07) is 22.8. The highest BCUT2D eigenvalue weighted by molar-refractivity contribution is 6.34. The first-order valence-electron chi connectivity index (χ1n) is 12.0. The lowest BCUT2D eigenvalue weighted by Gasteiger charge is -2.35. The summed E-state index contributed by atoms with van der Waals surface area (Å²) in [6.45, 7) is 3.41. The predicted molar refractivity (Wildman–Crippen MR) is 132 cm³/mol. The van der Waals surface area contributed by atoms with Crippen molar-refractivity contribution in [2.75, 3.05) is 4.90 Å². The fourth-order valence-electron chi connectivity index (χ4n) is 6.89. The number of halogens is 3. The van der Waals surface area contributed by atoms with E-state index in [0.717, 1.165) is 28.2 Å². The van der Waals surface area contributed by atoms with Crippen molar-refractivity contribution >= 4 is 34.4 Å². The smallest absolute Gasteiger partial charge is 0.298 e. The third-order valence-corrected chi connectivity index (χ3v) is 8.34. The van der Waals surface area contributed by atoms with E-state index in [1.165, 1.54) is 12.1 Å². The number of Topliss-reactive ketones (excluding diaryl/α,β-unsaturated/α-hetero) is 1. The summed E-state index contributed by atoms with van der Waals surface area (Å²) in [5, 5.41) is 0. The monoisotopic (exact) mass is 501 g/mol. The second-order valence-electron chi connectivity index (χ2n) is 10.2. The standard InChI is InChI=1S/C30H22F3NO3/c1-28-21(17-10-5-3-6-11-17)22(18-12-7-4-8-13-18)29(2,27(28)37)24-23(28)25(35)34(26(24)36)20-15-9-14-19(16-20)30(31,32)33/h3-16,23-24H,1-2H3/t23-,24+,28-,29-/m0/s1. The number of rotatable bonds is 3. The Morgan fingerprint density at radius 3 is 1.57 bits per heavy atom. The minimum atomic E-state index is -4.63. The van der Waals surface area contributed by atoms with Crippen LogP contribution in [0, 0.1) is 22.7 Å². The third-order valence-electron chi connectivity index (χ3n) is 8.34. The van der Waals surface area contributed by atoms with Crippen LogP contribution in [0.2, 0.25) is 0 Å². The fourth-order valence-corrected chi connectivity index (χ4v) is 6.89. The zero-order valence-electron chi connectivity index (χ0n) is 20.0. The summed E-state index contributed by atoms with van der Waals surface area (Å²) < 4.78 is 40.3. The van der Waals surface area contributed by atoms with Crippen LogP contribution in [0.3, 0.4) is 0 Å². The number of hydrogen-bond acceptors (Lipinski definition) is 3. The lowest BCUT2D eigenvalue weighted by atomic mass is 9.63. The third kappa shape index (κ3) is 2.88. The van der Waals surface area contributed by atoms with Gasteiger partial charge in [0.2, 0.25) is 11.8 Å². The lowest BCUT2D eigenvalue weighted by molar-refractivity contribution is -0.137. The van der Waals surface area contributed by atoms with Gasteiger partial charge < -0.3 is 0 Å². The number of nitrogens with zero attached hydrogens (tertiary/aromatic N) is 1. The number of carbonyl (C=O) groups is 3. The van der Waals surface area contributed by atoms with Crippen LogP contribution in [0.1, 0.15) is 30.5 Å². The molecule has 1 heterocycles. The molecule has 0 radical (unpaired) electrons. The molecule has 3 aromatic rings. The summed E-state index contributed by atoms with van der Waals surface area (Å²) in [7, 11) is 0. The Morgan fingerprint density at radius 2 is 1.14 bits per heavy atom. The molecule has 0 aromatic heterocycles. The molecule has 6 rings (SSSR count). The number of hydrogen-bond donors (Lipinski definition) is 0. The van der Waals surface area contributed by atoms with Crippen LogP contribution in [0.25, 0.3) is 11.1 Å². The van der Waals surface area contributed by atoms with E-state index < -0.39 is 46.2 Å². The highest BCUT2D eigenvalue weighted by Crippen LogP contribution is 2.73. The van der Waals surface area contributed by atoms with E-state index in [0.29, 0.717) is 11.1 Å². The quantitative estimate of drug-likeness (QED) is 0.412. The Kier molecular flexibility index (Phi) is 4.75. The van der Waals surface area contributed by atoms with Crippen LogP contribution in [0.4, 0.5) is 18.9 Å². The molecular weight excluding hydrogens is 479 g/mol. The Balaban J connectivity index is 1.58. The van der Waals surface area contributed by atoms with Crippen LogP contribution in [0.5, 0.6) is 0 Å². The van der Waals surface area contributed by atoms with Crippen molar-refractivity contribution in [2.45, 2.75) is 20.0 Å². The van der Waals surface area contributed by atoms with E-state index in [1.54, 1.807) is 13.8 Å². The molecule has 1 saturated carbocycles. The van der Waals surface area contributed by atoms with Crippen LogP contribution >= 0.6 is 0 Å². The molecule has 2 fully saturated rings. The molecule has 3 aliphatic rings. The number of anilines is 1. The molecular formula is C30H22F3NO3. The molecule has 4 nitrogen and oxygen atoms in total. The van der Waals surface area contributed by atoms with Gasteiger partial charge in [-0.3, -0.25) is 14.4 Å². The molecule has 2 bridgehead atoms. The number of ketones is 1. The molecule has 186 valence electrons. The van der Waals surface area contributed by atoms with Gasteiger partial charge in [0, 0.05) is 0 Å². The van der Waals surface area contributed by atoms with Crippen LogP contribution in [0.15, 0.2) is 84.9 Å². The van der Waals surface area contributed by atoms with Crippen LogP contribution < -0.4 is 4.90 Å². The molecule has 0 unspecified atom stereocenters. The number of benzene rings is 3. The fraction of sp³-hybridized carbons (Fsp3) is 0.233. The topological polar surface area (TPSA) is 54.5 Å². The minimum absolute atomic E-state index is 0.138. The van der Waals surface area contributed by atoms with E-state index in [1.807, 2.05) is 60.7 Å². The Bertz CT molecular complexity index is 1430. The van der Waals surface area contributed by atoms with E-state index in [9.17, 15) is 27.6 Å². The number of amides is 2. The van der Waals surface area contributed by atoms with Gasteiger partial charge in [-0.2, -0.15) is 13.2 Å². The van der Waals surface area contributed by atoms with Crippen molar-refractivity contribution in [1.29, 1.82) is 0 Å². The van der Waals surface area contributed by atoms with Gasteiger partial charge in [0.25, 0.3) is 0 Å². The number of imide groups is 1. The van der Waals surface area contributed by atoms with Crippen LogP contribution in [-0.2, 0) is 20.6 Å². The van der Waals surface area contributed by atoms with Crippen molar-refractivity contribution in [2.24, 2.45) is 22.7 Å². The zero-order valence-corrected chi connectivity index (χ0v) is 20.0. The van der Waals surface area contributed by atoms with Gasteiger partial charge in [0.05, 0.1) is 33.9 Å². The molecule has 7 heteroatoms. The molecule has 2 amide bonds. The molecule has 37 heavy (non-hydrogen) atoms. The molecule has 4 atom stereocenters. The highest BCUT2D eigenvalue weighted by Gasteiger charge is 2.78. The number of carbonyl (C=O) groups excluding carboxylic acids is 3. The van der Waals surface area contributed by atoms with Gasteiger partial charge in [-0.15, -0.1) is 0 Å². The van der Waals surface area contributed by atoms with E-state index in [2.05, 4.69) is 0 Å². The largest absolute Gasteiger partial charge is 0.416 e. The SMILES string of the molecule is C[C@]12C(=O)[C@@](C)(C(c3ccccc3)=C1c1ccccc1)[C@H]1C(=O)N(c3cccc(C(F)(F)F)c3)C(=O)[C@H]12. The normalized spacial score (nSPS) is 28.9. The molecule has 1 aliphatic heterocycles. The maximum atomic E-state index is 14.2. The molecule has 1 saturated heterocycles. The minimum Gasteiger partial charge on any atom is -0.298 e. The summed E-state index contributed by atoms with van der Waals surface area (Å²) in [5.41, 5.74) is -0.799. The Labute approximate surface area is 211 Å². The number of allylic oxidation sites excluding steroid dienone is 2. The Hall–Kier alpha value is -4.00. The van der Waals surface area contributed by atoms with Gasteiger partial charge in [-0.1, -0.05) is 66.7 Å². The number of alkyl halides is 3. The zero-order chi connectivity index (χ0) is 26.3. The second kappa shape index (κ2) is 7.51. The molecule has 2 aliphatic carbocycles. The van der Waals surface area contributed by atoms with Crippen LogP contribution in [-0.4, -0.2) is 17.6 Å². The van der Waals surface area contributed by atoms with Gasteiger partial charge in [-0.05, 0) is 54.3 Å². The molecule has 3 aromatic carbocycles. The first-order chi connectivity index (χ1) is 17.5. The van der Waals surface area contributed by atoms with Gasteiger partial charge in [0.1, 0.15) is 0 Å². The molecule has 0 N–H and O–H groups in total. The maximum Gasteiger partial charge on any atom is 0.416 e. The van der Waals surface area contributed by atoms with Crippen molar-refractivity contribution in [3.05, 3.63) is 102 Å². The predicted octanol–water partition coefficient (Wildman–Crippen LogP) is 6.03. The molecule has 0 spiro atoms. The summed E-state index contributed by atoms with van der Waals surface area (Å²) in [5.74, 6) is -3.54. The van der Waals surface area contributed by atoms with Gasteiger partial charge in [0.15, 0.2) is 5.78 Å². The van der Waals surface area contributed by atoms with Crippen molar-refractivity contribution < 1.29 is 27.6 Å². The lowest BCUT2D eigenvalue weighted by Crippen LogP contribution is -2.40.